The highest BCUT2D eigenvalue weighted by molar-refractivity contribution is 5.93. The highest BCUT2D eigenvalue weighted by atomic mass is 127. The largest absolute Gasteiger partial charge is 1.00 e. The number of ether oxygens (including phenoxy) is 1. The minimum absolute atomic E-state index is 0. The second-order valence-electron chi connectivity index (χ2n) is 8.15. The number of nitrogens with one attached hydrogen (secondary N) is 2. The number of nitrogens with zero attached hydrogens (tertiary/aromatic N) is 4. The average Bonchev–Trinajstić information content (AvgIpc) is 2.81. The minimum Gasteiger partial charge on any atom is -1.00 e. The van der Waals surface area contributed by atoms with Crippen molar-refractivity contribution in [2.24, 2.45) is 24.8 Å². The maximum atomic E-state index is 6.28. The molecule has 2 heterocycles. The molecule has 10 heteroatoms. The summed E-state index contributed by atoms with van der Waals surface area (Å²) in [7, 11) is 5.55. The third-order valence-electron chi connectivity index (χ3n) is 5.81. The Kier molecular flexibility index (Phi) is 7.95. The lowest BCUT2D eigenvalue weighted by atomic mass is 10.1. The number of methoxy groups -OCH3 is 1. The van der Waals surface area contributed by atoms with Gasteiger partial charge in [0.05, 0.1) is 30.9 Å². The third kappa shape index (κ3) is 5.70. The lowest BCUT2D eigenvalue weighted by Crippen LogP contribution is -3.00. The van der Waals surface area contributed by atoms with Gasteiger partial charge in [-0.25, -0.2) is 4.57 Å². The SMILES string of the molecule is COc1ccc(N/C(N)=N/c2nc(Nc3ccc4c(c3)c(N)cc(C)[n+]4C)cc(C)[n+]2C)cc1.[I-]. The maximum absolute atomic E-state index is 6.28. The number of hydrogen-bond donors (Lipinski definition) is 4. The Bertz CT molecular complexity index is 1400. The number of aryl methyl sites for hydroxylation is 3. The molecule has 2 aromatic carbocycles. The molecule has 0 aliphatic rings. The third-order valence-corrected chi connectivity index (χ3v) is 5.81. The molecule has 0 fully saturated rings. The average molecular weight is 585 g/mol. The minimum atomic E-state index is 0. The number of guanidine groups is 1. The van der Waals surface area contributed by atoms with Gasteiger partial charge in [0.2, 0.25) is 11.3 Å². The standard InChI is InChI=1S/C25H28N8O.HI/c1-15-12-21(26)20-14-18(8-11-22(20)32(15)3)28-23-13-16(2)33(4)25(30-23)31-24(27)29-17-6-9-19(34-5)10-7-17;/h6-14,26H,1-5H3,(H3,27,28,29,30,31);1H/p+1. The van der Waals surface area contributed by atoms with E-state index in [2.05, 4.69) is 25.2 Å². The highest BCUT2D eigenvalue weighted by Gasteiger charge is 2.17. The van der Waals surface area contributed by atoms with Crippen LogP contribution in [0.1, 0.15) is 11.4 Å². The Morgan fingerprint density at radius 1 is 0.943 bits per heavy atom. The van der Waals surface area contributed by atoms with Crippen molar-refractivity contribution in [2.45, 2.75) is 13.8 Å². The number of aromatic nitrogens is 3. The van der Waals surface area contributed by atoms with E-state index in [1.54, 1.807) is 7.11 Å². The lowest BCUT2D eigenvalue weighted by molar-refractivity contribution is -0.667. The molecule has 0 aliphatic heterocycles. The number of hydrogen-bond acceptors (Lipinski definition) is 5. The zero-order valence-electron chi connectivity index (χ0n) is 20.4. The number of rotatable bonds is 5. The first-order valence-electron chi connectivity index (χ1n) is 10.8. The molecular weight excluding hydrogens is 555 g/mol. The second-order valence-corrected chi connectivity index (χ2v) is 8.15. The summed E-state index contributed by atoms with van der Waals surface area (Å²) in [6.07, 6.45) is 0. The fraction of sp³-hybridized carbons (Fsp3) is 0.200. The maximum Gasteiger partial charge on any atom is 0.438 e. The van der Waals surface area contributed by atoms with Crippen molar-refractivity contribution in [3.63, 3.8) is 0 Å². The molecule has 0 aliphatic carbocycles. The number of nitrogens with two attached hydrogens (primary N) is 2. The van der Waals surface area contributed by atoms with Crippen molar-refractivity contribution in [1.29, 1.82) is 0 Å². The molecule has 0 bridgehead atoms. The molecule has 4 rings (SSSR count). The van der Waals surface area contributed by atoms with Crippen LogP contribution in [-0.4, -0.2) is 18.1 Å². The molecule has 0 amide bonds. The first kappa shape index (κ1) is 25.9. The van der Waals surface area contributed by atoms with E-state index in [0.717, 1.165) is 45.1 Å². The summed E-state index contributed by atoms with van der Waals surface area (Å²) in [5.74, 6) is 2.11. The molecule has 0 radical (unpaired) electrons. The molecule has 0 atom stereocenters. The van der Waals surface area contributed by atoms with Gasteiger partial charge in [0, 0.05) is 36.5 Å². The van der Waals surface area contributed by atoms with E-state index in [1.165, 1.54) is 0 Å². The molecule has 0 saturated carbocycles. The van der Waals surface area contributed by atoms with Gasteiger partial charge < -0.3 is 50.8 Å². The summed E-state index contributed by atoms with van der Waals surface area (Å²) < 4.78 is 9.17. The van der Waals surface area contributed by atoms with Crippen molar-refractivity contribution < 1.29 is 37.8 Å². The van der Waals surface area contributed by atoms with Crippen LogP contribution >= 0.6 is 0 Å². The van der Waals surface area contributed by atoms with Crippen LogP contribution in [0.3, 0.4) is 0 Å². The van der Waals surface area contributed by atoms with E-state index in [0.29, 0.717) is 11.8 Å². The predicted octanol–water partition coefficient (Wildman–Crippen LogP) is -0.103. The topological polar surface area (TPSA) is 118 Å². The molecule has 0 spiro atoms. The van der Waals surface area contributed by atoms with Gasteiger partial charge in [0.15, 0.2) is 5.69 Å². The molecule has 6 N–H and O–H groups in total. The number of fused-ring (bicyclic) bond motifs is 1. The first-order chi connectivity index (χ1) is 16.2. The van der Waals surface area contributed by atoms with Crippen molar-refractivity contribution in [3.8, 4) is 5.75 Å². The van der Waals surface area contributed by atoms with E-state index >= 15 is 0 Å². The number of halogens is 1. The number of anilines is 4. The zero-order valence-corrected chi connectivity index (χ0v) is 22.6. The van der Waals surface area contributed by atoms with E-state index in [1.807, 2.05) is 87.1 Å². The molecule has 0 saturated heterocycles. The van der Waals surface area contributed by atoms with Gasteiger partial charge in [-0.15, -0.1) is 0 Å². The van der Waals surface area contributed by atoms with Gasteiger partial charge in [-0.1, -0.05) is 0 Å². The predicted molar refractivity (Wildman–Crippen MR) is 136 cm³/mol. The number of benzene rings is 2. The van der Waals surface area contributed by atoms with Crippen molar-refractivity contribution in [2.75, 3.05) is 23.5 Å². The van der Waals surface area contributed by atoms with E-state index < -0.39 is 0 Å². The van der Waals surface area contributed by atoms with Gasteiger partial charge in [0.25, 0.3) is 5.96 Å². The van der Waals surface area contributed by atoms with Crippen LogP contribution in [-0.2, 0) is 14.1 Å². The number of pyridine rings is 1. The second kappa shape index (κ2) is 10.7. The monoisotopic (exact) mass is 585 g/mol. The Morgan fingerprint density at radius 3 is 2.29 bits per heavy atom. The molecule has 0 unspecified atom stereocenters. The van der Waals surface area contributed by atoms with Crippen LogP contribution in [0.15, 0.2) is 59.6 Å². The summed E-state index contributed by atoms with van der Waals surface area (Å²) in [5.41, 5.74) is 18.0. The number of aliphatic imine (C=N–C) groups is 1. The van der Waals surface area contributed by atoms with Crippen molar-refractivity contribution >= 4 is 45.7 Å². The molecule has 35 heavy (non-hydrogen) atoms. The Balaban J connectivity index is 0.00000342. The van der Waals surface area contributed by atoms with Gasteiger partial charge in [-0.3, -0.25) is 0 Å². The summed E-state index contributed by atoms with van der Waals surface area (Å²) in [5, 5.41) is 7.42. The molecule has 9 nitrogen and oxygen atoms in total. The Labute approximate surface area is 221 Å². The van der Waals surface area contributed by atoms with E-state index in [-0.39, 0.29) is 29.9 Å². The van der Waals surface area contributed by atoms with Crippen LogP contribution < -0.4 is 59.9 Å². The Hall–Kier alpha value is -3.67. The van der Waals surface area contributed by atoms with Crippen LogP contribution in [0.2, 0.25) is 0 Å². The fourth-order valence-corrected chi connectivity index (χ4v) is 3.66. The van der Waals surface area contributed by atoms with Crippen molar-refractivity contribution in [3.05, 3.63) is 66.0 Å². The van der Waals surface area contributed by atoms with Gasteiger partial charge >= 0.3 is 5.95 Å². The smallest absolute Gasteiger partial charge is 0.438 e. The fourth-order valence-electron chi connectivity index (χ4n) is 3.66. The Morgan fingerprint density at radius 2 is 1.60 bits per heavy atom. The first-order valence-corrected chi connectivity index (χ1v) is 10.8. The molecule has 2 aromatic heterocycles. The van der Waals surface area contributed by atoms with E-state index in [4.69, 9.17) is 16.2 Å². The zero-order chi connectivity index (χ0) is 24.4. The quantitative estimate of drug-likeness (QED) is 0.113. The summed E-state index contributed by atoms with van der Waals surface area (Å²) >= 11 is 0. The molecule has 4 aromatic rings. The summed E-state index contributed by atoms with van der Waals surface area (Å²) in [6.45, 7) is 4.02. The number of nitrogen functional groups attached to an aromatic ring is 1. The van der Waals surface area contributed by atoms with Gasteiger partial charge in [-0.05, 0) is 53.3 Å². The summed E-state index contributed by atoms with van der Waals surface area (Å²) in [6, 6.07) is 17.4. The molecular formula is C25H30IN8O+. The summed E-state index contributed by atoms with van der Waals surface area (Å²) in [4.78, 5) is 9.14. The van der Waals surface area contributed by atoms with Crippen LogP contribution in [0.4, 0.5) is 28.8 Å². The van der Waals surface area contributed by atoms with Gasteiger partial charge in [0.1, 0.15) is 12.8 Å². The normalized spacial score (nSPS) is 11.2. The van der Waals surface area contributed by atoms with Crippen LogP contribution in [0.25, 0.3) is 10.9 Å². The molecule has 182 valence electrons. The van der Waals surface area contributed by atoms with Gasteiger partial charge in [-0.2, -0.15) is 4.57 Å². The van der Waals surface area contributed by atoms with Crippen molar-refractivity contribution in [1.82, 2.24) is 4.98 Å². The van der Waals surface area contributed by atoms with Crippen LogP contribution in [0, 0.1) is 13.8 Å². The van der Waals surface area contributed by atoms with Crippen LogP contribution in [0.5, 0.6) is 5.75 Å². The van der Waals surface area contributed by atoms with E-state index in [9.17, 15) is 0 Å². The lowest BCUT2D eigenvalue weighted by Gasteiger charge is -2.09. The highest BCUT2D eigenvalue weighted by Crippen LogP contribution is 2.25.